The number of hydrogen-bond acceptors (Lipinski definition) is 3. The van der Waals surface area contributed by atoms with Crippen molar-refractivity contribution in [3.05, 3.63) is 60.8 Å². The van der Waals surface area contributed by atoms with Gasteiger partial charge in [0.2, 0.25) is 5.91 Å². The lowest BCUT2D eigenvalue weighted by Gasteiger charge is -2.19. The highest BCUT2D eigenvalue weighted by molar-refractivity contribution is 5.76. The minimum atomic E-state index is -0.873. The highest BCUT2D eigenvalue weighted by Gasteiger charge is 2.17. The van der Waals surface area contributed by atoms with E-state index in [1.807, 2.05) is 6.08 Å². The Labute approximate surface area is 305 Å². The number of carbonyl (C=O) groups excluding carboxylic acids is 1. The molecule has 0 fully saturated rings. The molecular weight excluding hydrogens is 602 g/mol. The fourth-order valence-corrected chi connectivity index (χ4v) is 5.94. The van der Waals surface area contributed by atoms with Crippen LogP contribution < -0.4 is 5.32 Å². The van der Waals surface area contributed by atoms with Gasteiger partial charge in [0.15, 0.2) is 0 Å². The Morgan fingerprint density at radius 2 is 0.857 bits per heavy atom. The smallest absolute Gasteiger partial charge is 0.220 e. The molecule has 284 valence electrons. The Morgan fingerprint density at radius 1 is 0.490 bits per heavy atom. The van der Waals surface area contributed by atoms with E-state index >= 15 is 0 Å². The molecular formula is C45H81NO3. The van der Waals surface area contributed by atoms with Crippen molar-refractivity contribution in [2.24, 2.45) is 0 Å². The first-order valence-electron chi connectivity index (χ1n) is 21.0. The van der Waals surface area contributed by atoms with E-state index in [9.17, 15) is 15.0 Å². The van der Waals surface area contributed by atoms with Crippen molar-refractivity contribution in [1.82, 2.24) is 5.32 Å². The number of aliphatic hydroxyl groups is 2. The molecule has 0 saturated carbocycles. The average Bonchev–Trinajstić information content (AvgIpc) is 3.10. The van der Waals surface area contributed by atoms with Gasteiger partial charge >= 0.3 is 0 Å². The van der Waals surface area contributed by atoms with Crippen LogP contribution in [-0.4, -0.2) is 34.9 Å². The lowest BCUT2D eigenvalue weighted by molar-refractivity contribution is -0.123. The van der Waals surface area contributed by atoms with Gasteiger partial charge in [0.05, 0.1) is 18.8 Å². The van der Waals surface area contributed by atoms with Crippen LogP contribution in [0.4, 0.5) is 0 Å². The number of hydrogen-bond donors (Lipinski definition) is 3. The summed E-state index contributed by atoms with van der Waals surface area (Å²) < 4.78 is 0. The number of carbonyl (C=O) groups is 1. The van der Waals surface area contributed by atoms with Crippen LogP contribution in [0.25, 0.3) is 0 Å². The van der Waals surface area contributed by atoms with Gasteiger partial charge in [-0.1, -0.05) is 177 Å². The molecule has 1 amide bonds. The van der Waals surface area contributed by atoms with Crippen molar-refractivity contribution in [2.45, 2.75) is 212 Å². The maximum absolute atomic E-state index is 12.4. The molecule has 0 heterocycles. The van der Waals surface area contributed by atoms with Crippen LogP contribution in [0.3, 0.4) is 0 Å². The van der Waals surface area contributed by atoms with E-state index < -0.39 is 12.1 Å². The molecule has 0 bridgehead atoms. The highest BCUT2D eigenvalue weighted by atomic mass is 16.3. The fourth-order valence-electron chi connectivity index (χ4n) is 5.94. The Morgan fingerprint density at radius 3 is 1.35 bits per heavy atom. The van der Waals surface area contributed by atoms with Crippen LogP contribution in [0.1, 0.15) is 200 Å². The third-order valence-corrected chi connectivity index (χ3v) is 9.20. The van der Waals surface area contributed by atoms with Crippen molar-refractivity contribution >= 4 is 5.91 Å². The normalized spacial score (nSPS) is 13.6. The first-order chi connectivity index (χ1) is 24.2. The monoisotopic (exact) mass is 684 g/mol. The van der Waals surface area contributed by atoms with Gasteiger partial charge < -0.3 is 15.5 Å². The standard InChI is InChI=1S/C45H81NO3/c1-3-5-7-9-11-13-15-17-19-21-23-25-27-29-31-33-35-37-39-41-45(49)46-43(42-47)44(48)40-38-36-34-32-30-28-26-24-22-20-18-16-14-12-10-8-6-4-2/h11,13,17,19,22,24,30,32,38,40,43-44,47-48H,3-10,12,14-16,18,20-21,23,25-29,31,33-37,39,41-42H2,1-2H3,(H,46,49)/b13-11-,19-17-,24-22+,32-30+,40-38+. The van der Waals surface area contributed by atoms with Crippen molar-refractivity contribution in [2.75, 3.05) is 6.61 Å². The second kappa shape index (κ2) is 40.5. The maximum atomic E-state index is 12.4. The Hall–Kier alpha value is -1.91. The Bertz CT molecular complexity index is 827. The fraction of sp³-hybridized carbons (Fsp3) is 0.756. The zero-order valence-electron chi connectivity index (χ0n) is 32.4. The first-order valence-corrected chi connectivity index (χ1v) is 21.0. The number of unbranched alkanes of at least 4 members (excludes halogenated alkanes) is 22. The lowest BCUT2D eigenvalue weighted by Crippen LogP contribution is -2.45. The summed E-state index contributed by atoms with van der Waals surface area (Å²) in [6.07, 6.45) is 56.0. The number of rotatable bonds is 37. The van der Waals surface area contributed by atoms with Gasteiger partial charge in [0.1, 0.15) is 0 Å². The van der Waals surface area contributed by atoms with Crippen molar-refractivity contribution in [3.8, 4) is 0 Å². The van der Waals surface area contributed by atoms with E-state index in [2.05, 4.69) is 67.8 Å². The quantitative estimate of drug-likeness (QED) is 0.0451. The molecule has 0 spiro atoms. The largest absolute Gasteiger partial charge is 0.394 e. The van der Waals surface area contributed by atoms with E-state index in [0.29, 0.717) is 6.42 Å². The van der Waals surface area contributed by atoms with Gasteiger partial charge in [-0.3, -0.25) is 4.79 Å². The molecule has 2 atom stereocenters. The molecule has 0 saturated heterocycles. The summed E-state index contributed by atoms with van der Waals surface area (Å²) in [7, 11) is 0. The van der Waals surface area contributed by atoms with Gasteiger partial charge in [-0.2, -0.15) is 0 Å². The molecule has 0 aromatic heterocycles. The van der Waals surface area contributed by atoms with Crippen LogP contribution in [0, 0.1) is 0 Å². The van der Waals surface area contributed by atoms with E-state index in [0.717, 1.165) is 44.9 Å². The van der Waals surface area contributed by atoms with E-state index in [1.54, 1.807) is 6.08 Å². The minimum absolute atomic E-state index is 0.0849. The molecule has 0 aliphatic carbocycles. The molecule has 0 aromatic rings. The van der Waals surface area contributed by atoms with Crippen molar-refractivity contribution in [1.29, 1.82) is 0 Å². The van der Waals surface area contributed by atoms with Gasteiger partial charge in [-0.05, 0) is 77.0 Å². The average molecular weight is 684 g/mol. The van der Waals surface area contributed by atoms with Crippen LogP contribution in [0.15, 0.2) is 60.8 Å². The van der Waals surface area contributed by atoms with Crippen LogP contribution in [-0.2, 0) is 4.79 Å². The summed E-state index contributed by atoms with van der Waals surface area (Å²) in [6, 6.07) is -0.649. The molecule has 0 radical (unpaired) electrons. The summed E-state index contributed by atoms with van der Waals surface area (Å²) in [4.78, 5) is 12.4. The molecule has 49 heavy (non-hydrogen) atoms. The minimum Gasteiger partial charge on any atom is -0.394 e. The number of allylic oxidation sites excluding steroid dienone is 9. The third kappa shape index (κ3) is 37.2. The van der Waals surface area contributed by atoms with Gasteiger partial charge in [0, 0.05) is 6.42 Å². The van der Waals surface area contributed by atoms with Gasteiger partial charge in [-0.25, -0.2) is 0 Å². The van der Waals surface area contributed by atoms with Crippen molar-refractivity contribution < 1.29 is 15.0 Å². The zero-order valence-corrected chi connectivity index (χ0v) is 32.4. The van der Waals surface area contributed by atoms with E-state index in [4.69, 9.17) is 0 Å². The van der Waals surface area contributed by atoms with E-state index in [-0.39, 0.29) is 12.5 Å². The Balaban J connectivity index is 3.68. The second-order valence-corrected chi connectivity index (χ2v) is 14.0. The number of nitrogens with one attached hydrogen (secondary N) is 1. The van der Waals surface area contributed by atoms with Gasteiger partial charge in [-0.15, -0.1) is 0 Å². The predicted molar refractivity (Wildman–Crippen MR) is 216 cm³/mol. The molecule has 4 heteroatoms. The molecule has 2 unspecified atom stereocenters. The summed E-state index contributed by atoms with van der Waals surface area (Å²) in [5.74, 6) is -0.0849. The summed E-state index contributed by atoms with van der Waals surface area (Å²) in [6.45, 7) is 4.25. The Kier molecular flexibility index (Phi) is 38.9. The van der Waals surface area contributed by atoms with Gasteiger partial charge in [0.25, 0.3) is 0 Å². The maximum Gasteiger partial charge on any atom is 0.220 e. The van der Waals surface area contributed by atoms with E-state index in [1.165, 1.54) is 135 Å². The van der Waals surface area contributed by atoms with Crippen LogP contribution in [0.5, 0.6) is 0 Å². The molecule has 0 aliphatic heterocycles. The molecule has 4 nitrogen and oxygen atoms in total. The number of amides is 1. The number of aliphatic hydroxyl groups excluding tert-OH is 2. The molecule has 0 aromatic carbocycles. The summed E-state index contributed by atoms with van der Waals surface area (Å²) in [5, 5.41) is 22.9. The SMILES string of the molecule is CCCCC/C=C\C/C=C\CCCCCCCCCCCC(=O)NC(CO)C(O)/C=C/CC/C=C/CC/C=C/CCCCCCCCCC. The van der Waals surface area contributed by atoms with Crippen LogP contribution >= 0.6 is 0 Å². The van der Waals surface area contributed by atoms with Crippen molar-refractivity contribution in [3.63, 3.8) is 0 Å². The lowest BCUT2D eigenvalue weighted by atomic mass is 10.1. The first kappa shape index (κ1) is 47.1. The molecule has 3 N–H and O–H groups in total. The third-order valence-electron chi connectivity index (χ3n) is 9.20. The summed E-state index contributed by atoms with van der Waals surface area (Å²) >= 11 is 0. The molecule has 0 rings (SSSR count). The zero-order chi connectivity index (χ0) is 35.7. The summed E-state index contributed by atoms with van der Waals surface area (Å²) in [5.41, 5.74) is 0. The highest BCUT2D eigenvalue weighted by Crippen LogP contribution is 2.13. The topological polar surface area (TPSA) is 69.6 Å². The van der Waals surface area contributed by atoms with Crippen LogP contribution in [0.2, 0.25) is 0 Å². The second-order valence-electron chi connectivity index (χ2n) is 14.0. The molecule has 0 aliphatic rings. The predicted octanol–water partition coefficient (Wildman–Crippen LogP) is 13.0.